The zero-order valence-electron chi connectivity index (χ0n) is 13.3. The Hall–Kier alpha value is -2.80. The molecule has 1 amide bonds. The predicted octanol–water partition coefficient (Wildman–Crippen LogP) is 3.83. The number of halogens is 1. The maximum Gasteiger partial charge on any atom is 0.274 e. The van der Waals surface area contributed by atoms with E-state index < -0.39 is 10.8 Å². The van der Waals surface area contributed by atoms with Crippen molar-refractivity contribution in [3.8, 4) is 11.5 Å². The van der Waals surface area contributed by atoms with Crippen LogP contribution in [0.3, 0.4) is 0 Å². The largest absolute Gasteiger partial charge is 0.493 e. The zero-order chi connectivity index (χ0) is 17.9. The summed E-state index contributed by atoms with van der Waals surface area (Å²) in [6.07, 6.45) is 0. The van der Waals surface area contributed by atoms with Crippen molar-refractivity contribution in [2.24, 2.45) is 0 Å². The molecule has 0 aliphatic rings. The number of hydrogen-bond acceptors (Lipinski definition) is 5. The second-order valence-electron chi connectivity index (χ2n) is 4.91. The number of methoxy groups -OCH3 is 2. The first-order chi connectivity index (χ1) is 11.4. The molecule has 126 valence electrons. The van der Waals surface area contributed by atoms with Crippen molar-refractivity contribution in [2.45, 2.75) is 6.92 Å². The smallest absolute Gasteiger partial charge is 0.274 e. The lowest BCUT2D eigenvalue weighted by Crippen LogP contribution is -2.12. The Morgan fingerprint density at radius 1 is 1.21 bits per heavy atom. The lowest BCUT2D eigenvalue weighted by Gasteiger charge is -2.12. The van der Waals surface area contributed by atoms with Gasteiger partial charge in [-0.3, -0.25) is 14.9 Å². The number of nitro groups is 1. The summed E-state index contributed by atoms with van der Waals surface area (Å²) in [6, 6.07) is 7.36. The number of carbonyl (C=O) groups excluding carboxylic acids is 1. The minimum atomic E-state index is -0.502. The van der Waals surface area contributed by atoms with Gasteiger partial charge < -0.3 is 14.8 Å². The van der Waals surface area contributed by atoms with E-state index in [-0.39, 0.29) is 16.3 Å². The third kappa shape index (κ3) is 3.57. The molecule has 0 aliphatic heterocycles. The van der Waals surface area contributed by atoms with Gasteiger partial charge in [-0.25, -0.2) is 0 Å². The summed E-state index contributed by atoms with van der Waals surface area (Å²) in [4.78, 5) is 22.8. The average molecular weight is 351 g/mol. The van der Waals surface area contributed by atoms with Crippen molar-refractivity contribution in [1.82, 2.24) is 0 Å². The Labute approximate surface area is 143 Å². The molecule has 0 radical (unpaired) electrons. The third-order valence-corrected chi connectivity index (χ3v) is 3.64. The van der Waals surface area contributed by atoms with E-state index in [9.17, 15) is 14.9 Å². The Morgan fingerprint density at radius 3 is 2.50 bits per heavy atom. The maximum absolute atomic E-state index is 12.4. The minimum absolute atomic E-state index is 0.0712. The SMILES string of the molecule is COc1cc(C(=O)Nc2ccc(C)c([N+](=O)[O-])c2)cc(Cl)c1OC. The van der Waals surface area contributed by atoms with Gasteiger partial charge in [0.15, 0.2) is 11.5 Å². The van der Waals surface area contributed by atoms with Crippen LogP contribution in [0.25, 0.3) is 0 Å². The number of rotatable bonds is 5. The van der Waals surface area contributed by atoms with Gasteiger partial charge in [0, 0.05) is 22.9 Å². The van der Waals surface area contributed by atoms with Gasteiger partial charge in [-0.15, -0.1) is 0 Å². The molecule has 0 bridgehead atoms. The maximum atomic E-state index is 12.4. The molecule has 1 N–H and O–H groups in total. The number of nitrogens with zero attached hydrogens (tertiary/aromatic N) is 1. The van der Waals surface area contributed by atoms with Crippen LogP contribution in [0.4, 0.5) is 11.4 Å². The molecule has 0 unspecified atom stereocenters. The van der Waals surface area contributed by atoms with E-state index in [0.29, 0.717) is 22.7 Å². The van der Waals surface area contributed by atoms with Crippen LogP contribution in [0.1, 0.15) is 15.9 Å². The highest BCUT2D eigenvalue weighted by Gasteiger charge is 2.17. The molecule has 0 spiro atoms. The van der Waals surface area contributed by atoms with Crippen LogP contribution >= 0.6 is 11.6 Å². The zero-order valence-corrected chi connectivity index (χ0v) is 14.0. The normalized spacial score (nSPS) is 10.2. The van der Waals surface area contributed by atoms with E-state index in [2.05, 4.69) is 5.32 Å². The second-order valence-corrected chi connectivity index (χ2v) is 5.31. The van der Waals surface area contributed by atoms with Gasteiger partial charge in [0.1, 0.15) is 0 Å². The number of anilines is 1. The molecule has 2 aromatic rings. The highest BCUT2D eigenvalue weighted by atomic mass is 35.5. The highest BCUT2D eigenvalue weighted by Crippen LogP contribution is 2.36. The molecule has 0 aliphatic carbocycles. The number of aryl methyl sites for hydroxylation is 1. The highest BCUT2D eigenvalue weighted by molar-refractivity contribution is 6.32. The lowest BCUT2D eigenvalue weighted by atomic mass is 10.1. The number of benzene rings is 2. The Kier molecular flexibility index (Phi) is 5.25. The van der Waals surface area contributed by atoms with Gasteiger partial charge in [-0.2, -0.15) is 0 Å². The number of amides is 1. The predicted molar refractivity (Wildman–Crippen MR) is 90.3 cm³/mol. The van der Waals surface area contributed by atoms with E-state index in [1.807, 2.05) is 0 Å². The van der Waals surface area contributed by atoms with Crippen molar-refractivity contribution in [2.75, 3.05) is 19.5 Å². The van der Waals surface area contributed by atoms with Crippen LogP contribution in [0.2, 0.25) is 5.02 Å². The van der Waals surface area contributed by atoms with Gasteiger partial charge in [-0.1, -0.05) is 17.7 Å². The summed E-state index contributed by atoms with van der Waals surface area (Å²) in [6.45, 7) is 1.62. The molecule has 24 heavy (non-hydrogen) atoms. The molecule has 2 rings (SSSR count). The molecular weight excluding hydrogens is 336 g/mol. The van der Waals surface area contributed by atoms with Gasteiger partial charge in [0.05, 0.1) is 24.2 Å². The summed E-state index contributed by atoms with van der Waals surface area (Å²) < 4.78 is 10.3. The lowest BCUT2D eigenvalue weighted by molar-refractivity contribution is -0.385. The molecule has 2 aromatic carbocycles. The van der Waals surface area contributed by atoms with Gasteiger partial charge >= 0.3 is 0 Å². The van der Waals surface area contributed by atoms with Gasteiger partial charge in [-0.05, 0) is 25.1 Å². The van der Waals surface area contributed by atoms with Crippen LogP contribution in [0.5, 0.6) is 11.5 Å². The minimum Gasteiger partial charge on any atom is -0.493 e. The molecule has 0 fully saturated rings. The molecule has 0 saturated heterocycles. The van der Waals surface area contributed by atoms with Crippen LogP contribution in [-0.2, 0) is 0 Å². The fraction of sp³-hybridized carbons (Fsp3) is 0.188. The van der Waals surface area contributed by atoms with Crippen molar-refractivity contribution >= 4 is 28.9 Å². The number of ether oxygens (including phenoxy) is 2. The molecule has 7 nitrogen and oxygen atoms in total. The summed E-state index contributed by atoms with van der Waals surface area (Å²) >= 11 is 6.07. The third-order valence-electron chi connectivity index (χ3n) is 3.36. The summed E-state index contributed by atoms with van der Waals surface area (Å²) in [5.74, 6) is 0.155. The van der Waals surface area contributed by atoms with Crippen LogP contribution in [-0.4, -0.2) is 25.1 Å². The summed E-state index contributed by atoms with van der Waals surface area (Å²) in [7, 11) is 2.87. The molecule has 0 aromatic heterocycles. The van der Waals surface area contributed by atoms with Gasteiger partial charge in [0.2, 0.25) is 0 Å². The molecule has 8 heteroatoms. The van der Waals surface area contributed by atoms with Crippen molar-refractivity contribution in [3.05, 3.63) is 56.6 Å². The van der Waals surface area contributed by atoms with E-state index in [4.69, 9.17) is 21.1 Å². The average Bonchev–Trinajstić information content (AvgIpc) is 2.55. The van der Waals surface area contributed by atoms with Crippen molar-refractivity contribution in [1.29, 1.82) is 0 Å². The fourth-order valence-corrected chi connectivity index (χ4v) is 2.42. The molecular formula is C16H15ClN2O5. The summed E-state index contributed by atoms with van der Waals surface area (Å²) in [5.41, 5.74) is 0.981. The van der Waals surface area contributed by atoms with E-state index in [1.54, 1.807) is 19.1 Å². The van der Waals surface area contributed by atoms with Crippen molar-refractivity contribution in [3.63, 3.8) is 0 Å². The standard InChI is InChI=1S/C16H15ClN2O5/c1-9-4-5-11(8-13(9)19(21)22)18-16(20)10-6-12(17)15(24-3)14(7-10)23-2/h4-8H,1-3H3,(H,18,20). The van der Waals surface area contributed by atoms with Crippen LogP contribution in [0.15, 0.2) is 30.3 Å². The Morgan fingerprint density at radius 2 is 1.92 bits per heavy atom. The quantitative estimate of drug-likeness (QED) is 0.653. The molecule has 0 heterocycles. The summed E-state index contributed by atoms with van der Waals surface area (Å²) in [5, 5.41) is 13.8. The van der Waals surface area contributed by atoms with E-state index >= 15 is 0 Å². The Balaban J connectivity index is 2.32. The first-order valence-corrected chi connectivity index (χ1v) is 7.23. The molecule has 0 saturated carbocycles. The number of hydrogen-bond donors (Lipinski definition) is 1. The van der Waals surface area contributed by atoms with Crippen LogP contribution < -0.4 is 14.8 Å². The monoisotopic (exact) mass is 350 g/mol. The molecule has 0 atom stereocenters. The second kappa shape index (κ2) is 7.18. The number of carbonyl (C=O) groups is 1. The fourth-order valence-electron chi connectivity index (χ4n) is 2.14. The topological polar surface area (TPSA) is 90.7 Å². The van der Waals surface area contributed by atoms with E-state index in [0.717, 1.165) is 0 Å². The Bertz CT molecular complexity index is 807. The number of nitro benzene ring substituents is 1. The first-order valence-electron chi connectivity index (χ1n) is 6.85. The van der Waals surface area contributed by atoms with Crippen molar-refractivity contribution < 1.29 is 19.2 Å². The number of nitrogens with one attached hydrogen (secondary N) is 1. The van der Waals surface area contributed by atoms with Gasteiger partial charge in [0.25, 0.3) is 11.6 Å². The van der Waals surface area contributed by atoms with Crippen LogP contribution in [0, 0.1) is 17.0 Å². The van der Waals surface area contributed by atoms with E-state index in [1.165, 1.54) is 32.4 Å². The first kappa shape index (κ1) is 17.6.